The van der Waals surface area contributed by atoms with Gasteiger partial charge in [0, 0.05) is 23.3 Å². The fourth-order valence-corrected chi connectivity index (χ4v) is 4.50. The molecule has 0 aliphatic rings. The number of nitrogens with one attached hydrogen (secondary N) is 1. The molecule has 4 aromatic rings. The summed E-state index contributed by atoms with van der Waals surface area (Å²) in [7, 11) is 1.32. The van der Waals surface area contributed by atoms with Crippen LogP contribution in [0.15, 0.2) is 48.9 Å². The van der Waals surface area contributed by atoms with Crippen molar-refractivity contribution in [1.82, 2.24) is 24.9 Å². The van der Waals surface area contributed by atoms with Crippen LogP contribution in [-0.4, -0.2) is 44.3 Å². The summed E-state index contributed by atoms with van der Waals surface area (Å²) in [6, 6.07) is 9.05. The van der Waals surface area contributed by atoms with Crippen molar-refractivity contribution >= 4 is 28.8 Å². The number of fused-ring (bicyclic) bond motifs is 1. The van der Waals surface area contributed by atoms with Crippen molar-refractivity contribution in [3.05, 3.63) is 70.6 Å². The fraction of sp³-hybridized carbons (Fsp3) is 0.308. The molecule has 0 aliphatic carbocycles. The first-order chi connectivity index (χ1) is 18.4. The van der Waals surface area contributed by atoms with Gasteiger partial charge in [-0.25, -0.2) is 14.5 Å². The molecule has 9 nitrogen and oxygen atoms in total. The first-order valence-corrected chi connectivity index (χ1v) is 12.2. The number of carbonyl (C=O) groups excluding carboxylic acids is 1. The van der Waals surface area contributed by atoms with Gasteiger partial charge in [-0.3, -0.25) is 4.79 Å². The summed E-state index contributed by atoms with van der Waals surface area (Å²) in [4.78, 5) is 21.0. The van der Waals surface area contributed by atoms with Crippen LogP contribution in [0.4, 0.5) is 19.0 Å². The van der Waals surface area contributed by atoms with Gasteiger partial charge in [0.2, 0.25) is 5.88 Å². The number of pyridine rings is 1. The molecule has 4 rings (SSSR count). The van der Waals surface area contributed by atoms with E-state index < -0.39 is 28.8 Å². The second-order valence-corrected chi connectivity index (χ2v) is 9.66. The van der Waals surface area contributed by atoms with Gasteiger partial charge in [0.05, 0.1) is 24.0 Å². The van der Waals surface area contributed by atoms with Crippen LogP contribution in [0.2, 0.25) is 5.02 Å². The molecule has 1 amide bonds. The van der Waals surface area contributed by atoms with Crippen LogP contribution in [-0.2, 0) is 11.8 Å². The smallest absolute Gasteiger partial charge is 0.418 e. The van der Waals surface area contributed by atoms with E-state index in [1.54, 1.807) is 24.3 Å². The molecule has 0 spiro atoms. The predicted octanol–water partition coefficient (Wildman–Crippen LogP) is 4.72. The van der Waals surface area contributed by atoms with Gasteiger partial charge >= 0.3 is 6.18 Å². The van der Waals surface area contributed by atoms with Crippen molar-refractivity contribution in [3.63, 3.8) is 0 Å². The number of nitrogens with zero attached hydrogens (tertiary/aromatic N) is 4. The molecule has 39 heavy (non-hydrogen) atoms. The first-order valence-electron chi connectivity index (χ1n) is 11.9. The maximum atomic E-state index is 13.7. The zero-order chi connectivity index (χ0) is 28.5. The van der Waals surface area contributed by atoms with Gasteiger partial charge in [0.25, 0.3) is 5.91 Å². The third-order valence-corrected chi connectivity index (χ3v) is 6.82. The Balaban J connectivity index is 1.64. The monoisotopic (exact) mass is 562 g/mol. The molecule has 4 N–H and O–H groups in total. The Labute approximate surface area is 226 Å². The second-order valence-electron chi connectivity index (χ2n) is 9.22. The van der Waals surface area contributed by atoms with Crippen LogP contribution < -0.4 is 15.8 Å². The maximum absolute atomic E-state index is 13.7. The number of amides is 1. The van der Waals surface area contributed by atoms with E-state index in [0.717, 1.165) is 16.9 Å². The molecule has 0 radical (unpaired) electrons. The van der Waals surface area contributed by atoms with Gasteiger partial charge in [-0.05, 0) is 42.2 Å². The number of carbonyl (C=O) groups is 1. The molecule has 0 saturated carbocycles. The summed E-state index contributed by atoms with van der Waals surface area (Å²) in [6.07, 6.45) is -2.23. The minimum absolute atomic E-state index is 0.00699. The quantitative estimate of drug-likeness (QED) is 0.283. The molecule has 206 valence electrons. The van der Waals surface area contributed by atoms with E-state index in [1.807, 2.05) is 13.8 Å². The van der Waals surface area contributed by atoms with Crippen LogP contribution in [0, 0.1) is 5.92 Å². The number of methoxy groups -OCH3 is 1. The van der Waals surface area contributed by atoms with Gasteiger partial charge in [-0.1, -0.05) is 37.6 Å². The second kappa shape index (κ2) is 10.7. The lowest BCUT2D eigenvalue weighted by Gasteiger charge is -2.33. The van der Waals surface area contributed by atoms with Gasteiger partial charge in [-0.15, -0.1) is 0 Å². The third-order valence-electron chi connectivity index (χ3n) is 6.56. The number of aliphatic hydroxyl groups is 1. The number of anilines is 1. The Morgan fingerprint density at radius 1 is 1.21 bits per heavy atom. The largest absolute Gasteiger partial charge is 0.480 e. The first kappa shape index (κ1) is 28.1. The van der Waals surface area contributed by atoms with Gasteiger partial charge < -0.3 is 20.9 Å². The molecule has 13 heteroatoms. The van der Waals surface area contributed by atoms with Gasteiger partial charge in [-0.2, -0.15) is 18.3 Å². The van der Waals surface area contributed by atoms with E-state index in [4.69, 9.17) is 22.1 Å². The predicted molar refractivity (Wildman–Crippen MR) is 139 cm³/mol. The minimum Gasteiger partial charge on any atom is -0.480 e. The highest BCUT2D eigenvalue weighted by atomic mass is 35.5. The highest BCUT2D eigenvalue weighted by Gasteiger charge is 2.37. The van der Waals surface area contributed by atoms with E-state index in [9.17, 15) is 23.1 Å². The molecule has 1 unspecified atom stereocenters. The minimum atomic E-state index is -4.72. The molecular weight excluding hydrogens is 537 g/mol. The van der Waals surface area contributed by atoms with Crippen molar-refractivity contribution < 1.29 is 27.8 Å². The Kier molecular flexibility index (Phi) is 7.71. The van der Waals surface area contributed by atoms with Crippen molar-refractivity contribution in [3.8, 4) is 17.1 Å². The van der Waals surface area contributed by atoms with E-state index in [-0.39, 0.29) is 47.4 Å². The zero-order valence-corrected chi connectivity index (χ0v) is 22.0. The Hall–Kier alpha value is -3.90. The molecule has 0 bridgehead atoms. The number of ether oxygens (including phenoxy) is 1. The lowest BCUT2D eigenvalue weighted by molar-refractivity contribution is -0.136. The lowest BCUT2D eigenvalue weighted by atomic mass is 9.81. The number of nitrogens with two attached hydrogens (primary N) is 1. The zero-order valence-electron chi connectivity index (χ0n) is 21.3. The number of rotatable bonds is 8. The Morgan fingerprint density at radius 2 is 1.90 bits per heavy atom. The molecule has 0 aliphatic heterocycles. The Bertz CT molecular complexity index is 1510. The number of alkyl halides is 3. The maximum Gasteiger partial charge on any atom is 0.418 e. The summed E-state index contributed by atoms with van der Waals surface area (Å²) in [5, 5.41) is 18.6. The van der Waals surface area contributed by atoms with Crippen LogP contribution in [0.1, 0.15) is 41.8 Å². The van der Waals surface area contributed by atoms with E-state index >= 15 is 0 Å². The average molecular weight is 563 g/mol. The third kappa shape index (κ3) is 5.48. The number of nitrogen functional groups attached to an aromatic ring is 1. The van der Waals surface area contributed by atoms with Gasteiger partial charge in [0.1, 0.15) is 17.4 Å². The normalized spacial score (nSPS) is 13.5. The standard InChI is InChI=1S/C26H26ClF3N6O3/c1-14(2)25(38,16-4-6-17(27)7-5-16)8-9-32-23(37)18-10-15(12-33-24(18)39-3)20-11-19(26(28,29)30)21-22(31)34-13-35-36(20)21/h4-7,10-14,38H,8-9H2,1-3H3,(H,32,37)(H2,31,34,35). The highest BCUT2D eigenvalue weighted by molar-refractivity contribution is 6.30. The summed E-state index contributed by atoms with van der Waals surface area (Å²) in [5.74, 6) is -1.15. The SMILES string of the molecule is COc1ncc(-c2cc(C(F)(F)F)c3c(N)ncnn23)cc1C(=O)NCCC(O)(c1ccc(Cl)cc1)C(C)C. The average Bonchev–Trinajstić information content (AvgIpc) is 3.30. The molecule has 0 saturated heterocycles. The van der Waals surface area contributed by atoms with Crippen molar-refractivity contribution in [2.24, 2.45) is 5.92 Å². The number of halogens is 4. The number of aromatic nitrogens is 4. The topological polar surface area (TPSA) is 128 Å². The summed E-state index contributed by atoms with van der Waals surface area (Å²) in [6.45, 7) is 3.81. The van der Waals surface area contributed by atoms with Crippen LogP contribution in [0.3, 0.4) is 0 Å². The van der Waals surface area contributed by atoms with E-state index in [2.05, 4.69) is 20.4 Å². The number of hydrogen-bond acceptors (Lipinski definition) is 7. The highest BCUT2D eigenvalue weighted by Crippen LogP contribution is 2.39. The van der Waals surface area contributed by atoms with Crippen LogP contribution in [0.25, 0.3) is 16.8 Å². The molecule has 3 aromatic heterocycles. The molecular formula is C26H26ClF3N6O3. The summed E-state index contributed by atoms with van der Waals surface area (Å²) < 4.78 is 47.4. The molecule has 1 aromatic carbocycles. The van der Waals surface area contributed by atoms with Crippen molar-refractivity contribution in [1.29, 1.82) is 0 Å². The summed E-state index contributed by atoms with van der Waals surface area (Å²) in [5.41, 5.74) is 3.87. The van der Waals surface area contributed by atoms with Crippen LogP contribution in [0.5, 0.6) is 5.88 Å². The van der Waals surface area contributed by atoms with Crippen molar-refractivity contribution in [2.75, 3.05) is 19.4 Å². The van der Waals surface area contributed by atoms with Crippen LogP contribution >= 0.6 is 11.6 Å². The Morgan fingerprint density at radius 3 is 2.51 bits per heavy atom. The molecule has 1 atom stereocenters. The fourth-order valence-electron chi connectivity index (χ4n) is 4.37. The molecule has 3 heterocycles. The number of benzene rings is 1. The van der Waals surface area contributed by atoms with E-state index in [1.165, 1.54) is 19.4 Å². The number of hydrogen-bond donors (Lipinski definition) is 3. The van der Waals surface area contributed by atoms with Gasteiger partial charge in [0.15, 0.2) is 5.82 Å². The lowest BCUT2D eigenvalue weighted by Crippen LogP contribution is -2.37. The molecule has 0 fully saturated rings. The summed E-state index contributed by atoms with van der Waals surface area (Å²) >= 11 is 5.98. The van der Waals surface area contributed by atoms with E-state index in [0.29, 0.717) is 10.6 Å². The van der Waals surface area contributed by atoms with Crippen molar-refractivity contribution in [2.45, 2.75) is 32.0 Å².